The van der Waals surface area contributed by atoms with E-state index in [0.29, 0.717) is 5.41 Å². The van der Waals surface area contributed by atoms with Crippen LogP contribution in [0.3, 0.4) is 0 Å². The van der Waals surface area contributed by atoms with Crippen molar-refractivity contribution in [3.63, 3.8) is 0 Å². The minimum Gasteiger partial charge on any atom is -0.0654 e. The molecule has 0 nitrogen and oxygen atoms in total. The molecule has 0 aliphatic heterocycles. The molecular formula is C33H68. The van der Waals surface area contributed by atoms with Crippen LogP contribution >= 0.6 is 0 Å². The molecule has 0 aliphatic rings. The van der Waals surface area contributed by atoms with Gasteiger partial charge in [-0.15, -0.1) is 0 Å². The Hall–Kier alpha value is 0. The topological polar surface area (TPSA) is 0 Å². The molecule has 0 amide bonds. The summed E-state index contributed by atoms with van der Waals surface area (Å²) in [6.45, 7) is 37.5. The third kappa shape index (κ3) is 9.88. The van der Waals surface area contributed by atoms with Crippen molar-refractivity contribution < 1.29 is 0 Å². The fraction of sp³-hybridized carbons (Fsp3) is 1.00. The quantitative estimate of drug-likeness (QED) is 0.201. The Morgan fingerprint density at radius 3 is 1.52 bits per heavy atom. The van der Waals surface area contributed by atoms with Crippen molar-refractivity contribution in [2.45, 2.75) is 142 Å². The minimum absolute atomic E-state index is 0.396. The standard InChI is InChI=1S/C33H68/c1-16-19-24(7)26(9)28(11)29(12)31(18-3)27(10)25(8)21-33(14,15)30(13)32(20-22(4)5)23(6)17-2/h22-32H,16-21H2,1-15H3. The molecule has 0 heterocycles. The van der Waals surface area contributed by atoms with Crippen molar-refractivity contribution in [2.24, 2.45) is 70.5 Å². The van der Waals surface area contributed by atoms with E-state index in [4.69, 9.17) is 0 Å². The number of rotatable bonds is 17. The lowest BCUT2D eigenvalue weighted by Gasteiger charge is -2.45. The van der Waals surface area contributed by atoms with Crippen molar-refractivity contribution in [1.82, 2.24) is 0 Å². The van der Waals surface area contributed by atoms with Crippen LogP contribution in [0.1, 0.15) is 142 Å². The fourth-order valence-electron chi connectivity index (χ4n) is 7.31. The number of hydrogen-bond acceptors (Lipinski definition) is 0. The monoisotopic (exact) mass is 465 g/mol. The van der Waals surface area contributed by atoms with Gasteiger partial charge in [0.25, 0.3) is 0 Å². The lowest BCUT2D eigenvalue weighted by molar-refractivity contribution is 0.0463. The molecule has 0 spiro atoms. The van der Waals surface area contributed by atoms with Crippen LogP contribution in [0.15, 0.2) is 0 Å². The summed E-state index contributed by atoms with van der Waals surface area (Å²) < 4.78 is 0. The van der Waals surface area contributed by atoms with Gasteiger partial charge in [0.05, 0.1) is 0 Å². The summed E-state index contributed by atoms with van der Waals surface area (Å²) in [6.07, 6.45) is 8.07. The van der Waals surface area contributed by atoms with E-state index in [9.17, 15) is 0 Å². The zero-order chi connectivity index (χ0) is 26.1. The largest absolute Gasteiger partial charge is 0.0654 e. The maximum Gasteiger partial charge on any atom is -0.0323 e. The predicted molar refractivity (Wildman–Crippen MR) is 154 cm³/mol. The summed E-state index contributed by atoms with van der Waals surface area (Å²) in [4.78, 5) is 0. The minimum atomic E-state index is 0.396. The highest BCUT2D eigenvalue weighted by Gasteiger charge is 2.38. The Morgan fingerprint density at radius 1 is 0.545 bits per heavy atom. The van der Waals surface area contributed by atoms with Gasteiger partial charge < -0.3 is 0 Å². The Balaban J connectivity index is 5.44. The summed E-state index contributed by atoms with van der Waals surface area (Å²) in [5.74, 6) is 8.91. The van der Waals surface area contributed by atoms with E-state index >= 15 is 0 Å². The normalized spacial score (nSPS) is 22.2. The first-order valence-electron chi connectivity index (χ1n) is 15.2. The maximum absolute atomic E-state index is 2.59. The van der Waals surface area contributed by atoms with Crippen LogP contribution in [0.2, 0.25) is 0 Å². The van der Waals surface area contributed by atoms with Gasteiger partial charge in [0.2, 0.25) is 0 Å². The lowest BCUT2D eigenvalue weighted by Crippen LogP contribution is -2.37. The molecule has 0 saturated carbocycles. The first-order valence-corrected chi connectivity index (χ1v) is 15.2. The van der Waals surface area contributed by atoms with Crippen LogP contribution in [-0.2, 0) is 0 Å². The van der Waals surface area contributed by atoms with Gasteiger partial charge in [0.15, 0.2) is 0 Å². The van der Waals surface area contributed by atoms with Crippen LogP contribution < -0.4 is 0 Å². The molecule has 0 N–H and O–H groups in total. The summed E-state index contributed by atoms with van der Waals surface area (Å²) in [5, 5.41) is 0. The molecule has 10 atom stereocenters. The van der Waals surface area contributed by atoms with Crippen molar-refractivity contribution in [3.05, 3.63) is 0 Å². The van der Waals surface area contributed by atoms with E-state index in [2.05, 4.69) is 104 Å². The van der Waals surface area contributed by atoms with E-state index in [1.165, 1.54) is 38.5 Å². The van der Waals surface area contributed by atoms with Crippen molar-refractivity contribution >= 4 is 0 Å². The molecule has 0 aromatic carbocycles. The SMILES string of the molecule is CCCC(C)C(C)C(C)C(C)C(CC)C(C)C(C)CC(C)(C)C(C)C(CC(C)C)C(C)CC. The maximum atomic E-state index is 2.59. The van der Waals surface area contributed by atoms with E-state index in [0.717, 1.165) is 65.1 Å². The van der Waals surface area contributed by atoms with Crippen LogP contribution in [-0.4, -0.2) is 0 Å². The van der Waals surface area contributed by atoms with Crippen molar-refractivity contribution in [1.29, 1.82) is 0 Å². The summed E-state index contributed by atoms with van der Waals surface area (Å²) in [6, 6.07) is 0. The molecule has 0 radical (unpaired) electrons. The first kappa shape index (κ1) is 33.0. The molecule has 33 heavy (non-hydrogen) atoms. The van der Waals surface area contributed by atoms with Gasteiger partial charge in [-0.2, -0.15) is 0 Å². The molecule has 200 valence electrons. The van der Waals surface area contributed by atoms with E-state index < -0.39 is 0 Å². The Kier molecular flexibility index (Phi) is 15.2. The van der Waals surface area contributed by atoms with Crippen molar-refractivity contribution in [2.75, 3.05) is 0 Å². The van der Waals surface area contributed by atoms with Gasteiger partial charge in [0.1, 0.15) is 0 Å². The van der Waals surface area contributed by atoms with E-state index in [1.807, 2.05) is 0 Å². The van der Waals surface area contributed by atoms with E-state index in [1.54, 1.807) is 0 Å². The molecule has 0 bridgehead atoms. The van der Waals surface area contributed by atoms with Gasteiger partial charge in [-0.1, -0.05) is 130 Å². The number of hydrogen-bond donors (Lipinski definition) is 0. The molecular weight excluding hydrogens is 396 g/mol. The second-order valence-corrected chi connectivity index (χ2v) is 13.9. The average molecular weight is 465 g/mol. The first-order chi connectivity index (χ1) is 15.2. The summed E-state index contributed by atoms with van der Waals surface area (Å²) >= 11 is 0. The third-order valence-electron chi connectivity index (χ3n) is 10.9. The molecule has 0 rings (SSSR count). The van der Waals surface area contributed by atoms with Crippen LogP contribution in [0.4, 0.5) is 0 Å². The smallest absolute Gasteiger partial charge is 0.0323 e. The predicted octanol–water partition coefficient (Wildman–Crippen LogP) is 11.4. The zero-order valence-electron chi connectivity index (χ0n) is 26.1. The molecule has 0 aliphatic carbocycles. The van der Waals surface area contributed by atoms with Crippen LogP contribution in [0.25, 0.3) is 0 Å². The average Bonchev–Trinajstić information content (AvgIpc) is 2.75. The van der Waals surface area contributed by atoms with Gasteiger partial charge in [-0.05, 0) is 83.4 Å². The van der Waals surface area contributed by atoms with Gasteiger partial charge in [0, 0.05) is 0 Å². The Morgan fingerprint density at radius 2 is 1.09 bits per heavy atom. The molecule has 0 heteroatoms. The molecule has 0 saturated heterocycles. The zero-order valence-corrected chi connectivity index (χ0v) is 26.1. The van der Waals surface area contributed by atoms with Crippen LogP contribution in [0, 0.1) is 70.5 Å². The highest BCUT2D eigenvalue weighted by molar-refractivity contribution is 4.88. The fourth-order valence-corrected chi connectivity index (χ4v) is 7.31. The second kappa shape index (κ2) is 15.2. The van der Waals surface area contributed by atoms with Crippen LogP contribution in [0.5, 0.6) is 0 Å². The molecule has 10 unspecified atom stereocenters. The summed E-state index contributed by atoms with van der Waals surface area (Å²) in [7, 11) is 0. The van der Waals surface area contributed by atoms with Crippen molar-refractivity contribution in [3.8, 4) is 0 Å². The highest BCUT2D eigenvalue weighted by atomic mass is 14.4. The summed E-state index contributed by atoms with van der Waals surface area (Å²) in [5.41, 5.74) is 0.396. The van der Waals surface area contributed by atoms with Gasteiger partial charge in [-0.3, -0.25) is 0 Å². The third-order valence-corrected chi connectivity index (χ3v) is 10.9. The van der Waals surface area contributed by atoms with E-state index in [-0.39, 0.29) is 0 Å². The Bertz CT molecular complexity index is 488. The Labute approximate surface area is 212 Å². The van der Waals surface area contributed by atoms with Gasteiger partial charge in [-0.25, -0.2) is 0 Å². The lowest BCUT2D eigenvalue weighted by atomic mass is 9.61. The highest BCUT2D eigenvalue weighted by Crippen LogP contribution is 2.47. The second-order valence-electron chi connectivity index (χ2n) is 13.9. The van der Waals surface area contributed by atoms with Gasteiger partial charge >= 0.3 is 0 Å². The molecule has 0 fully saturated rings. The molecule has 0 aromatic heterocycles. The molecule has 0 aromatic rings.